The third-order valence-electron chi connectivity index (χ3n) is 3.28. The van der Waals surface area contributed by atoms with Crippen LogP contribution >= 0.6 is 0 Å². The number of likely N-dealkylation sites (N-methyl/N-ethyl adjacent to an activating group) is 1. The summed E-state index contributed by atoms with van der Waals surface area (Å²) in [6, 6.07) is 9.02. The van der Waals surface area contributed by atoms with Gasteiger partial charge in [-0.15, -0.1) is 0 Å². The highest BCUT2D eigenvalue weighted by molar-refractivity contribution is 5.89. The lowest BCUT2D eigenvalue weighted by molar-refractivity contribution is -0.145. The molecule has 0 saturated carbocycles. The first kappa shape index (κ1) is 11.6. The minimum atomic E-state index is -0.920. The SMILES string of the molecule is CN1C(=O)C(Cc2ccccc2)C[C@H]1C(=O)O. The molecule has 0 aliphatic carbocycles. The highest BCUT2D eigenvalue weighted by Gasteiger charge is 2.40. The molecule has 1 aliphatic rings. The van der Waals surface area contributed by atoms with Crippen molar-refractivity contribution >= 4 is 11.9 Å². The molecule has 1 aromatic carbocycles. The summed E-state index contributed by atoms with van der Waals surface area (Å²) in [4.78, 5) is 24.2. The number of carboxylic acids is 1. The smallest absolute Gasteiger partial charge is 0.326 e. The normalized spacial score (nSPS) is 24.1. The summed E-state index contributed by atoms with van der Waals surface area (Å²) in [6.07, 6.45) is 1.02. The molecule has 2 atom stereocenters. The Morgan fingerprint density at radius 2 is 2.06 bits per heavy atom. The first-order valence-corrected chi connectivity index (χ1v) is 5.63. The summed E-state index contributed by atoms with van der Waals surface area (Å²) >= 11 is 0. The van der Waals surface area contributed by atoms with E-state index in [0.717, 1.165) is 5.56 Å². The van der Waals surface area contributed by atoms with E-state index in [1.807, 2.05) is 30.3 Å². The van der Waals surface area contributed by atoms with Crippen molar-refractivity contribution in [1.82, 2.24) is 4.90 Å². The number of hydrogen-bond acceptors (Lipinski definition) is 2. The van der Waals surface area contributed by atoms with Crippen LogP contribution in [0.25, 0.3) is 0 Å². The highest BCUT2D eigenvalue weighted by atomic mass is 16.4. The van der Waals surface area contributed by atoms with Crippen LogP contribution < -0.4 is 0 Å². The minimum absolute atomic E-state index is 0.0683. The van der Waals surface area contributed by atoms with Crippen molar-refractivity contribution in [3.63, 3.8) is 0 Å². The fourth-order valence-electron chi connectivity index (χ4n) is 2.31. The molecule has 1 saturated heterocycles. The number of amides is 1. The van der Waals surface area contributed by atoms with Gasteiger partial charge in [-0.3, -0.25) is 4.79 Å². The molecule has 0 bridgehead atoms. The topological polar surface area (TPSA) is 57.6 Å². The molecule has 0 spiro atoms. The molecule has 17 heavy (non-hydrogen) atoms. The second-order valence-electron chi connectivity index (χ2n) is 4.43. The zero-order valence-electron chi connectivity index (χ0n) is 9.67. The van der Waals surface area contributed by atoms with Gasteiger partial charge in [-0.1, -0.05) is 30.3 Å². The molecule has 1 unspecified atom stereocenters. The maximum atomic E-state index is 11.9. The van der Waals surface area contributed by atoms with E-state index in [0.29, 0.717) is 12.8 Å². The molecule has 0 radical (unpaired) electrons. The van der Waals surface area contributed by atoms with Crippen LogP contribution in [0.4, 0.5) is 0 Å². The van der Waals surface area contributed by atoms with Crippen LogP contribution in [0.3, 0.4) is 0 Å². The van der Waals surface area contributed by atoms with E-state index in [4.69, 9.17) is 5.11 Å². The standard InChI is InChI=1S/C13H15NO3/c1-14-11(13(16)17)8-10(12(14)15)7-9-5-3-2-4-6-9/h2-6,10-11H,7-8H2,1H3,(H,16,17)/t10?,11-/m0/s1. The Balaban J connectivity index is 2.09. The van der Waals surface area contributed by atoms with Crippen molar-refractivity contribution in [3.05, 3.63) is 35.9 Å². The Bertz CT molecular complexity index is 430. The van der Waals surface area contributed by atoms with Crippen molar-refractivity contribution in [2.75, 3.05) is 7.05 Å². The van der Waals surface area contributed by atoms with Crippen molar-refractivity contribution in [2.24, 2.45) is 5.92 Å². The number of carbonyl (C=O) groups excluding carboxylic acids is 1. The molecule has 1 heterocycles. The van der Waals surface area contributed by atoms with Crippen LogP contribution in [0.2, 0.25) is 0 Å². The number of rotatable bonds is 3. The Kier molecular flexibility index (Phi) is 3.13. The average Bonchev–Trinajstić information content (AvgIpc) is 2.59. The van der Waals surface area contributed by atoms with Gasteiger partial charge in [0.1, 0.15) is 6.04 Å². The first-order chi connectivity index (χ1) is 8.09. The molecule has 4 nitrogen and oxygen atoms in total. The van der Waals surface area contributed by atoms with E-state index >= 15 is 0 Å². The molecule has 1 fully saturated rings. The van der Waals surface area contributed by atoms with E-state index in [1.54, 1.807) is 7.05 Å². The van der Waals surface area contributed by atoms with Crippen LogP contribution in [0.5, 0.6) is 0 Å². The van der Waals surface area contributed by atoms with E-state index in [-0.39, 0.29) is 11.8 Å². The quantitative estimate of drug-likeness (QED) is 0.852. The van der Waals surface area contributed by atoms with Gasteiger partial charge >= 0.3 is 5.97 Å². The summed E-state index contributed by atoms with van der Waals surface area (Å²) in [5, 5.41) is 8.99. The third-order valence-corrected chi connectivity index (χ3v) is 3.28. The maximum Gasteiger partial charge on any atom is 0.326 e. The number of hydrogen-bond donors (Lipinski definition) is 1. The Morgan fingerprint density at radius 1 is 1.41 bits per heavy atom. The molecule has 4 heteroatoms. The lowest BCUT2D eigenvalue weighted by atomic mass is 9.96. The Morgan fingerprint density at radius 3 is 2.59 bits per heavy atom. The predicted octanol–water partition coefficient (Wildman–Crippen LogP) is 1.16. The number of nitrogens with zero attached hydrogens (tertiary/aromatic N) is 1. The number of aliphatic carboxylic acids is 1. The molecule has 2 rings (SSSR count). The van der Waals surface area contributed by atoms with Crippen molar-refractivity contribution in [1.29, 1.82) is 0 Å². The number of carbonyl (C=O) groups is 2. The summed E-state index contributed by atoms with van der Waals surface area (Å²) in [7, 11) is 1.56. The largest absolute Gasteiger partial charge is 0.480 e. The molecular weight excluding hydrogens is 218 g/mol. The summed E-state index contributed by atoms with van der Waals surface area (Å²) < 4.78 is 0. The molecular formula is C13H15NO3. The van der Waals surface area contributed by atoms with E-state index < -0.39 is 12.0 Å². The van der Waals surface area contributed by atoms with Crippen LogP contribution in [0.15, 0.2) is 30.3 Å². The van der Waals surface area contributed by atoms with Crippen LogP contribution in [-0.2, 0) is 16.0 Å². The first-order valence-electron chi connectivity index (χ1n) is 5.63. The molecule has 0 aromatic heterocycles. The van der Waals surface area contributed by atoms with E-state index in [1.165, 1.54) is 4.90 Å². The van der Waals surface area contributed by atoms with E-state index in [9.17, 15) is 9.59 Å². The lowest BCUT2D eigenvalue weighted by Crippen LogP contribution is -2.35. The number of likely N-dealkylation sites (tertiary alicyclic amines) is 1. The summed E-state index contributed by atoms with van der Waals surface area (Å²) in [6.45, 7) is 0. The van der Waals surface area contributed by atoms with Gasteiger partial charge in [0, 0.05) is 13.0 Å². The van der Waals surface area contributed by atoms with Crippen LogP contribution in [0.1, 0.15) is 12.0 Å². The van der Waals surface area contributed by atoms with Crippen molar-refractivity contribution < 1.29 is 14.7 Å². The average molecular weight is 233 g/mol. The van der Waals surface area contributed by atoms with Crippen LogP contribution in [-0.4, -0.2) is 35.0 Å². The van der Waals surface area contributed by atoms with Gasteiger partial charge < -0.3 is 10.0 Å². The summed E-state index contributed by atoms with van der Waals surface area (Å²) in [5.41, 5.74) is 1.07. The molecule has 1 aromatic rings. The third kappa shape index (κ3) is 2.30. The second kappa shape index (κ2) is 4.57. The van der Waals surface area contributed by atoms with Gasteiger partial charge in [0.2, 0.25) is 5.91 Å². The zero-order valence-corrected chi connectivity index (χ0v) is 9.67. The molecule has 1 N–H and O–H groups in total. The number of carboxylic acid groups (broad SMARTS) is 1. The molecule has 90 valence electrons. The maximum absolute atomic E-state index is 11.9. The highest BCUT2D eigenvalue weighted by Crippen LogP contribution is 2.26. The zero-order chi connectivity index (χ0) is 12.4. The fraction of sp³-hybridized carbons (Fsp3) is 0.385. The second-order valence-corrected chi connectivity index (χ2v) is 4.43. The van der Waals surface area contributed by atoms with Crippen molar-refractivity contribution in [2.45, 2.75) is 18.9 Å². The minimum Gasteiger partial charge on any atom is -0.480 e. The fourth-order valence-corrected chi connectivity index (χ4v) is 2.31. The lowest BCUT2D eigenvalue weighted by Gasteiger charge is -2.14. The van der Waals surface area contributed by atoms with Gasteiger partial charge in [0.15, 0.2) is 0 Å². The Labute approximate surface area is 99.9 Å². The van der Waals surface area contributed by atoms with Crippen LogP contribution in [0, 0.1) is 5.92 Å². The van der Waals surface area contributed by atoms with Gasteiger partial charge in [0.05, 0.1) is 0 Å². The van der Waals surface area contributed by atoms with E-state index in [2.05, 4.69) is 0 Å². The predicted molar refractivity (Wildman–Crippen MR) is 62.4 cm³/mol. The van der Waals surface area contributed by atoms with Gasteiger partial charge in [0.25, 0.3) is 0 Å². The molecule has 1 amide bonds. The van der Waals surface area contributed by atoms with Gasteiger partial charge in [-0.2, -0.15) is 0 Å². The number of benzene rings is 1. The monoisotopic (exact) mass is 233 g/mol. The van der Waals surface area contributed by atoms with Crippen molar-refractivity contribution in [3.8, 4) is 0 Å². The molecule has 1 aliphatic heterocycles. The van der Waals surface area contributed by atoms with Gasteiger partial charge in [-0.25, -0.2) is 4.79 Å². The summed E-state index contributed by atoms with van der Waals surface area (Å²) in [5.74, 6) is -1.19. The van der Waals surface area contributed by atoms with Gasteiger partial charge in [-0.05, 0) is 18.4 Å². The Hall–Kier alpha value is -1.84.